The van der Waals surface area contributed by atoms with E-state index in [9.17, 15) is 13.2 Å². The van der Waals surface area contributed by atoms with Gasteiger partial charge in [-0.05, 0) is 0 Å². The zero-order valence-electron chi connectivity index (χ0n) is 9.60. The summed E-state index contributed by atoms with van der Waals surface area (Å²) < 4.78 is 34.2. The number of hydrogen-bond acceptors (Lipinski definition) is 6. The Morgan fingerprint density at radius 2 is 2.29 bits per heavy atom. The van der Waals surface area contributed by atoms with Gasteiger partial charge in [-0.3, -0.25) is 4.79 Å². The molecule has 0 unspecified atom stereocenters. The molecule has 1 amide bonds. The lowest BCUT2D eigenvalue weighted by Crippen LogP contribution is -2.34. The van der Waals surface area contributed by atoms with E-state index in [0.29, 0.717) is 12.3 Å². The summed E-state index contributed by atoms with van der Waals surface area (Å²) in [6.45, 7) is 1.82. The predicted molar refractivity (Wildman–Crippen MR) is 59.0 cm³/mol. The topological polar surface area (TPSA) is 98.5 Å². The fraction of sp³-hybridized carbons (Fsp3) is 0.556. The number of nitrogens with one attached hydrogen (secondary N) is 1. The second kappa shape index (κ2) is 5.78. The number of sulfonamides is 1. The Morgan fingerprint density at radius 3 is 2.82 bits per heavy atom. The number of carbonyl (C=O) groups is 1. The van der Waals surface area contributed by atoms with Gasteiger partial charge >= 0.3 is 0 Å². The fourth-order valence-corrected chi connectivity index (χ4v) is 1.89. The quantitative estimate of drug-likeness (QED) is 0.771. The maximum Gasteiger partial charge on any atom is 0.286 e. The molecule has 0 aliphatic rings. The molecule has 0 saturated carbocycles. The lowest BCUT2D eigenvalue weighted by atomic mass is 10.4. The smallest absolute Gasteiger partial charge is 0.286 e. The summed E-state index contributed by atoms with van der Waals surface area (Å²) in [5, 5.41) is 0. The van der Waals surface area contributed by atoms with Crippen molar-refractivity contribution >= 4 is 15.9 Å². The van der Waals surface area contributed by atoms with Crippen LogP contribution in [0.25, 0.3) is 0 Å². The van der Waals surface area contributed by atoms with Gasteiger partial charge in [0.2, 0.25) is 10.0 Å². The third kappa shape index (κ3) is 4.16. The first-order chi connectivity index (χ1) is 7.98. The number of hydrogen-bond donors (Lipinski definition) is 1. The monoisotopic (exact) mass is 262 g/mol. The first-order valence-corrected chi connectivity index (χ1v) is 6.62. The summed E-state index contributed by atoms with van der Waals surface area (Å²) in [6.07, 6.45) is 1.66. The molecule has 1 heterocycles. The van der Waals surface area contributed by atoms with E-state index in [4.69, 9.17) is 4.42 Å². The van der Waals surface area contributed by atoms with Crippen LogP contribution < -0.4 is 4.72 Å². The zero-order valence-corrected chi connectivity index (χ0v) is 10.4. The van der Waals surface area contributed by atoms with Crippen LogP contribution in [-0.4, -0.2) is 38.8 Å². The van der Waals surface area contributed by atoms with Gasteiger partial charge in [0.05, 0.1) is 12.4 Å². The molecule has 1 aromatic rings. The van der Waals surface area contributed by atoms with E-state index < -0.39 is 15.9 Å². The van der Waals surface area contributed by atoms with Gasteiger partial charge in [0.25, 0.3) is 5.91 Å². The van der Waals surface area contributed by atoms with Crippen molar-refractivity contribution in [3.05, 3.63) is 17.8 Å². The third-order valence-corrected chi connectivity index (χ3v) is 3.09. The number of aromatic nitrogens is 1. The minimum absolute atomic E-state index is 0.0155. The van der Waals surface area contributed by atoms with Crippen molar-refractivity contribution in [2.75, 3.05) is 19.5 Å². The lowest BCUT2D eigenvalue weighted by Gasteiger charge is -2.03. The summed E-state index contributed by atoms with van der Waals surface area (Å²) in [7, 11) is -2.32. The second-order valence-electron chi connectivity index (χ2n) is 3.22. The van der Waals surface area contributed by atoms with Crippen LogP contribution in [0.15, 0.2) is 10.7 Å². The van der Waals surface area contributed by atoms with Gasteiger partial charge in [-0.25, -0.2) is 18.1 Å². The van der Waals surface area contributed by atoms with Crippen molar-refractivity contribution in [2.45, 2.75) is 13.3 Å². The van der Waals surface area contributed by atoms with Crippen LogP contribution in [0.1, 0.15) is 23.3 Å². The van der Waals surface area contributed by atoms with Crippen molar-refractivity contribution in [3.8, 4) is 0 Å². The predicted octanol–water partition coefficient (Wildman–Crippen LogP) is -0.0570. The molecule has 96 valence electrons. The van der Waals surface area contributed by atoms with Crippen LogP contribution in [0.5, 0.6) is 0 Å². The molecule has 0 bridgehead atoms. The van der Waals surface area contributed by atoms with Crippen LogP contribution in [-0.2, 0) is 21.2 Å². The van der Waals surface area contributed by atoms with Crippen molar-refractivity contribution in [2.24, 2.45) is 0 Å². The van der Waals surface area contributed by atoms with E-state index >= 15 is 0 Å². The van der Waals surface area contributed by atoms with Crippen LogP contribution in [0.2, 0.25) is 0 Å². The molecule has 1 N–H and O–H groups in total. The van der Waals surface area contributed by atoms with E-state index in [1.807, 2.05) is 11.6 Å². The molecule has 0 aliphatic carbocycles. The van der Waals surface area contributed by atoms with Crippen molar-refractivity contribution in [1.29, 1.82) is 0 Å². The van der Waals surface area contributed by atoms with Crippen molar-refractivity contribution < 1.29 is 22.4 Å². The Kier molecular flexibility index (Phi) is 4.64. The first-order valence-electron chi connectivity index (χ1n) is 4.96. The molecule has 17 heavy (non-hydrogen) atoms. The molecule has 0 saturated heterocycles. The van der Waals surface area contributed by atoms with Gasteiger partial charge in [-0.15, -0.1) is 0 Å². The summed E-state index contributed by atoms with van der Waals surface area (Å²) >= 11 is 0. The minimum atomic E-state index is -3.69. The number of methoxy groups -OCH3 is 1. The number of oxazole rings is 1. The molecule has 0 radical (unpaired) electrons. The molecule has 1 aromatic heterocycles. The Labute approximate surface area is 99.2 Å². The van der Waals surface area contributed by atoms with Crippen LogP contribution in [0.4, 0.5) is 0 Å². The minimum Gasteiger partial charge on any atom is -0.448 e. The molecule has 8 heteroatoms. The van der Waals surface area contributed by atoms with E-state index in [1.54, 1.807) is 0 Å². The first kappa shape index (κ1) is 13.7. The average molecular weight is 262 g/mol. The van der Waals surface area contributed by atoms with Gasteiger partial charge in [-0.2, -0.15) is 0 Å². The number of amides is 1. The molecular formula is C9H14N2O5S. The molecule has 0 aliphatic heterocycles. The highest BCUT2D eigenvalue weighted by Gasteiger charge is 2.18. The number of nitrogens with zero attached hydrogens (tertiary/aromatic N) is 1. The van der Waals surface area contributed by atoms with Gasteiger partial charge in [0.1, 0.15) is 6.26 Å². The van der Waals surface area contributed by atoms with Gasteiger partial charge in [-0.1, -0.05) is 6.92 Å². The Balaban J connectivity index is 2.65. The molecule has 1 rings (SSSR count). The van der Waals surface area contributed by atoms with E-state index in [1.165, 1.54) is 7.11 Å². The van der Waals surface area contributed by atoms with Crippen LogP contribution >= 0.6 is 0 Å². The van der Waals surface area contributed by atoms with Crippen molar-refractivity contribution in [3.63, 3.8) is 0 Å². The van der Waals surface area contributed by atoms with Crippen LogP contribution in [0.3, 0.4) is 0 Å². The molecular weight excluding hydrogens is 248 g/mol. The van der Waals surface area contributed by atoms with Gasteiger partial charge in [0, 0.05) is 13.5 Å². The normalized spacial score (nSPS) is 11.4. The van der Waals surface area contributed by atoms with E-state index in [-0.39, 0.29) is 18.1 Å². The van der Waals surface area contributed by atoms with Crippen molar-refractivity contribution in [1.82, 2.24) is 9.71 Å². The second-order valence-corrected chi connectivity index (χ2v) is 5.06. The summed E-state index contributed by atoms with van der Waals surface area (Å²) in [5.41, 5.74) is -0.0529. The fourth-order valence-electron chi connectivity index (χ4n) is 1.02. The lowest BCUT2D eigenvalue weighted by molar-refractivity contribution is 0.0976. The molecule has 7 nitrogen and oxygen atoms in total. The van der Waals surface area contributed by atoms with Gasteiger partial charge < -0.3 is 9.15 Å². The van der Waals surface area contributed by atoms with Gasteiger partial charge in [0.15, 0.2) is 11.6 Å². The molecule has 0 fully saturated rings. The molecule has 0 atom stereocenters. The maximum absolute atomic E-state index is 11.5. The van der Waals surface area contributed by atoms with E-state index in [2.05, 4.69) is 9.72 Å². The number of rotatable bonds is 6. The number of carbonyl (C=O) groups excluding carboxylic acids is 1. The highest BCUT2D eigenvalue weighted by atomic mass is 32.2. The zero-order chi connectivity index (χ0) is 12.9. The Hall–Kier alpha value is -1.41. The van der Waals surface area contributed by atoms with Crippen LogP contribution in [0, 0.1) is 0 Å². The number of aryl methyl sites for hydroxylation is 1. The summed E-state index contributed by atoms with van der Waals surface area (Å²) in [5.74, 6) is -0.706. The largest absolute Gasteiger partial charge is 0.448 e. The summed E-state index contributed by atoms with van der Waals surface area (Å²) in [4.78, 5) is 15.3. The Morgan fingerprint density at radius 1 is 1.59 bits per heavy atom. The maximum atomic E-state index is 11.5. The Bertz CT molecular complexity index is 479. The SMILES string of the molecule is CCc1nc(C(=O)NS(=O)(=O)CCOC)co1. The number of ether oxygens (including phenoxy) is 1. The molecule has 0 aromatic carbocycles. The average Bonchev–Trinajstić information content (AvgIpc) is 2.74. The third-order valence-electron chi connectivity index (χ3n) is 1.89. The highest BCUT2D eigenvalue weighted by Crippen LogP contribution is 2.03. The standard InChI is InChI=1S/C9H14N2O5S/c1-3-8-10-7(6-16-8)9(12)11-17(13,14)5-4-15-2/h6H,3-5H2,1-2H3,(H,11,12). The highest BCUT2D eigenvalue weighted by molar-refractivity contribution is 7.90. The van der Waals surface area contributed by atoms with E-state index in [0.717, 1.165) is 6.26 Å². The molecule has 0 spiro atoms. The summed E-state index contributed by atoms with van der Waals surface area (Å²) in [6, 6.07) is 0.